The molecule has 0 aromatic heterocycles. The SMILES string of the molecule is CCCCCCCCCCCCC(=O)NN=Cc1cc(OC)cc(C=NNC(=O)CCCCCCCCCCCC)c1O. The standard InChI is InChI=1S/C35H60N4O4/c1-4-6-8-10-12-14-16-18-20-22-24-33(40)38-36-28-30-26-32(43-3)27-31(35(30)42)29-37-39-34(41)25-23-21-19-17-15-13-11-9-7-5-2/h26-29,42H,4-25H2,1-3H3,(H,38,40)(H,39,41). The zero-order valence-corrected chi connectivity index (χ0v) is 27.4. The lowest BCUT2D eigenvalue weighted by atomic mass is 10.1. The number of benzene rings is 1. The van der Waals surface area contributed by atoms with Gasteiger partial charge in [-0.1, -0.05) is 129 Å². The summed E-state index contributed by atoms with van der Waals surface area (Å²) in [6, 6.07) is 3.24. The molecule has 244 valence electrons. The van der Waals surface area contributed by atoms with Crippen molar-refractivity contribution < 1.29 is 19.4 Å². The van der Waals surface area contributed by atoms with Gasteiger partial charge in [-0.05, 0) is 25.0 Å². The van der Waals surface area contributed by atoms with Gasteiger partial charge in [0.25, 0.3) is 0 Å². The van der Waals surface area contributed by atoms with E-state index in [2.05, 4.69) is 34.9 Å². The van der Waals surface area contributed by atoms with Gasteiger partial charge in [0.05, 0.1) is 19.5 Å². The summed E-state index contributed by atoms with van der Waals surface area (Å²) in [5.74, 6) is 0.130. The lowest BCUT2D eigenvalue weighted by Gasteiger charge is -2.07. The number of nitrogens with zero attached hydrogens (tertiary/aromatic N) is 2. The molecule has 1 aromatic carbocycles. The highest BCUT2D eigenvalue weighted by Crippen LogP contribution is 2.26. The summed E-state index contributed by atoms with van der Waals surface area (Å²) >= 11 is 0. The summed E-state index contributed by atoms with van der Waals surface area (Å²) in [7, 11) is 1.52. The maximum absolute atomic E-state index is 12.2. The van der Waals surface area contributed by atoms with E-state index in [-0.39, 0.29) is 17.6 Å². The van der Waals surface area contributed by atoms with Crippen LogP contribution in [0.5, 0.6) is 11.5 Å². The van der Waals surface area contributed by atoms with E-state index in [0.29, 0.717) is 29.7 Å². The number of hydrogen-bond donors (Lipinski definition) is 3. The van der Waals surface area contributed by atoms with E-state index in [1.807, 2.05) is 0 Å². The fraction of sp³-hybridized carbons (Fsp3) is 0.714. The number of hydrogen-bond acceptors (Lipinski definition) is 6. The van der Waals surface area contributed by atoms with Gasteiger partial charge in [0.1, 0.15) is 11.5 Å². The molecule has 8 heteroatoms. The lowest BCUT2D eigenvalue weighted by molar-refractivity contribution is -0.122. The van der Waals surface area contributed by atoms with Crippen molar-refractivity contribution in [3.63, 3.8) is 0 Å². The average molecular weight is 601 g/mol. The smallest absolute Gasteiger partial charge is 0.240 e. The first-order chi connectivity index (χ1) is 21.0. The van der Waals surface area contributed by atoms with Gasteiger partial charge >= 0.3 is 0 Å². The van der Waals surface area contributed by atoms with Crippen molar-refractivity contribution in [2.75, 3.05) is 7.11 Å². The topological polar surface area (TPSA) is 112 Å². The Morgan fingerprint density at radius 1 is 0.628 bits per heavy atom. The van der Waals surface area contributed by atoms with Crippen LogP contribution in [0.2, 0.25) is 0 Å². The van der Waals surface area contributed by atoms with E-state index in [1.54, 1.807) is 12.1 Å². The van der Waals surface area contributed by atoms with Gasteiger partial charge in [-0.25, -0.2) is 10.9 Å². The first-order valence-electron chi connectivity index (χ1n) is 17.1. The van der Waals surface area contributed by atoms with Gasteiger partial charge in [0, 0.05) is 24.0 Å². The Morgan fingerprint density at radius 2 is 0.953 bits per heavy atom. The number of phenols is 1. The van der Waals surface area contributed by atoms with Crippen LogP contribution in [0.1, 0.15) is 166 Å². The van der Waals surface area contributed by atoms with Crippen LogP contribution < -0.4 is 15.6 Å². The molecule has 0 aliphatic heterocycles. The van der Waals surface area contributed by atoms with Gasteiger partial charge in [-0.3, -0.25) is 9.59 Å². The second-order valence-corrected chi connectivity index (χ2v) is 11.6. The average Bonchev–Trinajstić information content (AvgIpc) is 3.00. The van der Waals surface area contributed by atoms with Gasteiger partial charge in [-0.2, -0.15) is 10.2 Å². The second kappa shape index (κ2) is 26.7. The van der Waals surface area contributed by atoms with Crippen LogP contribution in [0.4, 0.5) is 0 Å². The number of carbonyl (C=O) groups is 2. The molecule has 0 spiro atoms. The van der Waals surface area contributed by atoms with Crippen molar-refractivity contribution in [2.24, 2.45) is 10.2 Å². The second-order valence-electron chi connectivity index (χ2n) is 11.6. The summed E-state index contributed by atoms with van der Waals surface area (Å²) in [6.07, 6.45) is 27.9. The Labute approximate surface area is 261 Å². The van der Waals surface area contributed by atoms with Crippen molar-refractivity contribution in [1.82, 2.24) is 10.9 Å². The fourth-order valence-electron chi connectivity index (χ4n) is 4.97. The third kappa shape index (κ3) is 20.6. The Kier molecular flexibility index (Phi) is 23.7. The van der Waals surface area contributed by atoms with Crippen molar-refractivity contribution in [1.29, 1.82) is 0 Å². The number of unbranched alkanes of at least 4 members (excludes halogenated alkanes) is 18. The summed E-state index contributed by atoms with van der Waals surface area (Å²) in [6.45, 7) is 4.47. The van der Waals surface area contributed by atoms with Gasteiger partial charge in [0.15, 0.2) is 0 Å². The molecule has 0 bridgehead atoms. The van der Waals surface area contributed by atoms with Crippen molar-refractivity contribution >= 4 is 24.2 Å². The summed E-state index contributed by atoms with van der Waals surface area (Å²) in [4.78, 5) is 24.3. The number of hydrazone groups is 2. The van der Waals surface area contributed by atoms with Crippen molar-refractivity contribution in [3.8, 4) is 11.5 Å². The van der Waals surface area contributed by atoms with E-state index < -0.39 is 0 Å². The third-order valence-corrected chi connectivity index (χ3v) is 7.68. The molecule has 0 saturated heterocycles. The predicted octanol–water partition coefficient (Wildman–Crippen LogP) is 8.92. The number of phenolic OH excluding ortho intramolecular Hbond substituents is 1. The fourth-order valence-corrected chi connectivity index (χ4v) is 4.97. The number of aromatic hydroxyl groups is 1. The summed E-state index contributed by atoms with van der Waals surface area (Å²) in [5.41, 5.74) is 5.82. The maximum Gasteiger partial charge on any atom is 0.240 e. The highest BCUT2D eigenvalue weighted by molar-refractivity contribution is 5.93. The van der Waals surface area contributed by atoms with E-state index >= 15 is 0 Å². The highest BCUT2D eigenvalue weighted by atomic mass is 16.5. The van der Waals surface area contributed by atoms with Gasteiger partial charge in [-0.15, -0.1) is 0 Å². The minimum absolute atomic E-state index is 0.0683. The van der Waals surface area contributed by atoms with Crippen molar-refractivity contribution in [3.05, 3.63) is 23.3 Å². The van der Waals surface area contributed by atoms with E-state index in [1.165, 1.54) is 109 Å². The quantitative estimate of drug-likeness (QED) is 0.0531. The largest absolute Gasteiger partial charge is 0.507 e. The number of ether oxygens (including phenoxy) is 1. The normalized spacial score (nSPS) is 11.4. The molecule has 43 heavy (non-hydrogen) atoms. The molecule has 2 amide bonds. The molecular weight excluding hydrogens is 540 g/mol. The highest BCUT2D eigenvalue weighted by Gasteiger charge is 2.09. The lowest BCUT2D eigenvalue weighted by Crippen LogP contribution is -2.17. The Balaban J connectivity index is 2.34. The number of rotatable bonds is 27. The molecule has 0 fully saturated rings. The molecule has 0 atom stereocenters. The first kappa shape index (κ1) is 38.1. The Morgan fingerprint density at radius 3 is 1.28 bits per heavy atom. The van der Waals surface area contributed by atoms with Crippen LogP contribution in [0, 0.1) is 0 Å². The summed E-state index contributed by atoms with van der Waals surface area (Å²) in [5, 5.41) is 18.7. The third-order valence-electron chi connectivity index (χ3n) is 7.68. The zero-order valence-electron chi connectivity index (χ0n) is 27.4. The van der Waals surface area contributed by atoms with Crippen LogP contribution in [-0.4, -0.2) is 36.5 Å². The maximum atomic E-state index is 12.2. The molecule has 0 radical (unpaired) electrons. The van der Waals surface area contributed by atoms with E-state index in [4.69, 9.17) is 4.74 Å². The minimum atomic E-state index is -0.148. The number of methoxy groups -OCH3 is 1. The Hall–Kier alpha value is -2.90. The molecule has 1 rings (SSSR count). The van der Waals surface area contributed by atoms with Crippen LogP contribution in [-0.2, 0) is 9.59 Å². The molecular formula is C35H60N4O4. The number of amides is 2. The van der Waals surface area contributed by atoms with E-state index in [9.17, 15) is 14.7 Å². The molecule has 0 heterocycles. The minimum Gasteiger partial charge on any atom is -0.507 e. The molecule has 0 aliphatic rings. The molecule has 0 aliphatic carbocycles. The van der Waals surface area contributed by atoms with Crippen LogP contribution in [0.25, 0.3) is 0 Å². The molecule has 8 nitrogen and oxygen atoms in total. The molecule has 3 N–H and O–H groups in total. The van der Waals surface area contributed by atoms with Crippen LogP contribution in [0.15, 0.2) is 22.3 Å². The predicted molar refractivity (Wildman–Crippen MR) is 179 cm³/mol. The van der Waals surface area contributed by atoms with Crippen LogP contribution in [0.3, 0.4) is 0 Å². The van der Waals surface area contributed by atoms with Crippen LogP contribution >= 0.6 is 0 Å². The van der Waals surface area contributed by atoms with Crippen molar-refractivity contribution in [2.45, 2.75) is 155 Å². The summed E-state index contributed by atoms with van der Waals surface area (Å²) < 4.78 is 5.33. The van der Waals surface area contributed by atoms with E-state index in [0.717, 1.165) is 38.5 Å². The van der Waals surface area contributed by atoms with Gasteiger partial charge in [0.2, 0.25) is 11.8 Å². The molecule has 0 saturated carbocycles. The molecule has 1 aromatic rings. The molecule has 0 unspecified atom stereocenters. The first-order valence-corrected chi connectivity index (χ1v) is 17.1. The number of carbonyl (C=O) groups excluding carboxylic acids is 2. The van der Waals surface area contributed by atoms with Gasteiger partial charge < -0.3 is 9.84 Å². The Bertz CT molecular complexity index is 863. The monoisotopic (exact) mass is 600 g/mol. The zero-order chi connectivity index (χ0) is 31.4. The number of nitrogens with one attached hydrogen (secondary N) is 2.